The van der Waals surface area contributed by atoms with Gasteiger partial charge in [-0.05, 0) is 24.6 Å². The van der Waals surface area contributed by atoms with Crippen molar-refractivity contribution in [2.75, 3.05) is 5.33 Å². The van der Waals surface area contributed by atoms with Crippen LogP contribution in [-0.4, -0.2) is 21.9 Å². The van der Waals surface area contributed by atoms with Crippen LogP contribution in [0, 0.1) is 0 Å². The first-order chi connectivity index (χ1) is 13.1. The Morgan fingerprint density at radius 3 is 2.67 bits per heavy atom. The number of hydrogen-bond acceptors (Lipinski definition) is 3. The van der Waals surface area contributed by atoms with Gasteiger partial charge in [-0.2, -0.15) is 0 Å². The number of rotatable bonds is 4. The summed E-state index contributed by atoms with van der Waals surface area (Å²) in [4.78, 5) is 26.1. The molecule has 5 nitrogen and oxygen atoms in total. The van der Waals surface area contributed by atoms with Gasteiger partial charge in [-0.25, -0.2) is 0 Å². The second-order valence-electron chi connectivity index (χ2n) is 6.64. The van der Waals surface area contributed by atoms with Crippen LogP contribution in [0.25, 0.3) is 10.9 Å². The number of para-hydroxylation sites is 1. The van der Waals surface area contributed by atoms with Crippen molar-refractivity contribution in [2.24, 2.45) is 0 Å². The summed E-state index contributed by atoms with van der Waals surface area (Å²) in [6.45, 7) is 2.49. The highest BCUT2D eigenvalue weighted by molar-refractivity contribution is 9.09. The van der Waals surface area contributed by atoms with E-state index in [9.17, 15) is 9.59 Å². The van der Waals surface area contributed by atoms with Gasteiger partial charge in [0, 0.05) is 10.7 Å². The average Bonchev–Trinajstić information content (AvgIpc) is 3.13. The second kappa shape index (κ2) is 7.19. The highest BCUT2D eigenvalue weighted by atomic mass is 79.9. The van der Waals surface area contributed by atoms with Crippen molar-refractivity contribution in [1.29, 1.82) is 0 Å². The van der Waals surface area contributed by atoms with Gasteiger partial charge in [0.15, 0.2) is 0 Å². The molecule has 1 aliphatic heterocycles. The monoisotopic (exact) mass is 426 g/mol. The van der Waals surface area contributed by atoms with Gasteiger partial charge in [-0.3, -0.25) is 9.59 Å². The lowest BCUT2D eigenvalue weighted by Gasteiger charge is -2.16. The molecule has 0 saturated carbocycles. The minimum absolute atomic E-state index is 0.0694. The molecular formula is C21H19BrN2O3. The molecule has 0 fully saturated rings. The fourth-order valence-corrected chi connectivity index (χ4v) is 3.79. The number of nitrogens with zero attached hydrogens (tertiary/aromatic N) is 1. The van der Waals surface area contributed by atoms with Crippen molar-refractivity contribution in [1.82, 2.24) is 9.88 Å². The Kier molecular flexibility index (Phi) is 4.74. The number of nitrogens with one attached hydrogen (secondary N) is 1. The van der Waals surface area contributed by atoms with Crippen LogP contribution < -0.4 is 15.5 Å². The summed E-state index contributed by atoms with van der Waals surface area (Å²) in [5.74, 6) is -0.0676. The zero-order valence-electron chi connectivity index (χ0n) is 14.8. The molecule has 27 heavy (non-hydrogen) atoms. The maximum Gasteiger partial charge on any atom is 0.261 e. The number of hydrogen-bond donors (Lipinski definition) is 1. The van der Waals surface area contributed by atoms with E-state index < -0.39 is 5.91 Å². The molecular weight excluding hydrogens is 408 g/mol. The molecule has 1 N–H and O–H groups in total. The molecule has 1 aromatic heterocycles. The first-order valence-electron chi connectivity index (χ1n) is 8.84. The molecule has 0 aliphatic carbocycles. The smallest absolute Gasteiger partial charge is 0.261 e. The van der Waals surface area contributed by atoms with E-state index in [4.69, 9.17) is 4.74 Å². The molecule has 3 aromatic rings. The normalized spacial score (nSPS) is 16.6. The molecule has 1 amide bonds. The Hall–Kier alpha value is -2.60. The molecule has 0 radical (unpaired) electrons. The van der Waals surface area contributed by atoms with Crippen molar-refractivity contribution in [3.63, 3.8) is 0 Å². The third-order valence-corrected chi connectivity index (χ3v) is 5.56. The highest BCUT2D eigenvalue weighted by Crippen LogP contribution is 2.30. The largest absolute Gasteiger partial charge is 0.472 e. The molecule has 138 valence electrons. The zero-order chi connectivity index (χ0) is 19.0. The third kappa shape index (κ3) is 3.14. The molecule has 0 saturated heterocycles. The number of amides is 1. The number of alkyl halides is 1. The number of ether oxygens (including phenoxy) is 1. The van der Waals surface area contributed by atoms with Crippen LogP contribution in [0.1, 0.15) is 28.9 Å². The fourth-order valence-electron chi connectivity index (χ4n) is 3.45. The quantitative estimate of drug-likeness (QED) is 0.647. The van der Waals surface area contributed by atoms with Gasteiger partial charge in [0.2, 0.25) is 11.3 Å². The average molecular weight is 427 g/mol. The van der Waals surface area contributed by atoms with Gasteiger partial charge in [0.05, 0.1) is 18.1 Å². The lowest BCUT2D eigenvalue weighted by molar-refractivity contribution is 0.0934. The summed E-state index contributed by atoms with van der Waals surface area (Å²) in [7, 11) is 0. The van der Waals surface area contributed by atoms with Gasteiger partial charge < -0.3 is 14.6 Å². The van der Waals surface area contributed by atoms with E-state index in [-0.39, 0.29) is 23.1 Å². The number of pyridine rings is 1. The summed E-state index contributed by atoms with van der Waals surface area (Å²) >= 11 is 3.43. The Morgan fingerprint density at radius 1 is 1.22 bits per heavy atom. The van der Waals surface area contributed by atoms with Crippen LogP contribution in [-0.2, 0) is 6.54 Å². The van der Waals surface area contributed by atoms with Gasteiger partial charge in [0.1, 0.15) is 11.7 Å². The Balaban J connectivity index is 1.79. The number of benzene rings is 2. The Bertz CT molecular complexity index is 1060. The van der Waals surface area contributed by atoms with E-state index in [0.717, 1.165) is 11.1 Å². The molecule has 2 atom stereocenters. The summed E-state index contributed by atoms with van der Waals surface area (Å²) in [5, 5.41) is 4.09. The number of fused-ring (bicyclic) bond motifs is 3. The summed E-state index contributed by atoms with van der Waals surface area (Å²) in [5.41, 5.74) is 1.53. The SMILES string of the molecule is C[C@H](NC(=O)c1c2n(c3ccccc3c1=O)C[C@@H](CBr)O2)c1ccccc1. The third-order valence-electron chi connectivity index (χ3n) is 4.84. The van der Waals surface area contributed by atoms with E-state index >= 15 is 0 Å². The van der Waals surface area contributed by atoms with E-state index in [2.05, 4.69) is 21.2 Å². The van der Waals surface area contributed by atoms with Crippen molar-refractivity contribution in [3.05, 3.63) is 75.9 Å². The summed E-state index contributed by atoms with van der Waals surface area (Å²) in [6.07, 6.45) is -0.117. The van der Waals surface area contributed by atoms with Crippen LogP contribution in [0.4, 0.5) is 0 Å². The van der Waals surface area contributed by atoms with E-state index in [1.807, 2.05) is 60.0 Å². The molecule has 2 heterocycles. The van der Waals surface area contributed by atoms with Gasteiger partial charge >= 0.3 is 0 Å². The number of carbonyl (C=O) groups excluding carboxylic acids is 1. The Morgan fingerprint density at radius 2 is 1.93 bits per heavy atom. The minimum atomic E-state index is -0.416. The summed E-state index contributed by atoms with van der Waals surface area (Å²) < 4.78 is 7.86. The molecule has 0 unspecified atom stereocenters. The van der Waals surface area contributed by atoms with Crippen molar-refractivity contribution < 1.29 is 9.53 Å². The Labute approximate surface area is 165 Å². The molecule has 1 aliphatic rings. The van der Waals surface area contributed by atoms with Crippen molar-refractivity contribution >= 4 is 32.7 Å². The van der Waals surface area contributed by atoms with Crippen LogP contribution in [0.3, 0.4) is 0 Å². The second-order valence-corrected chi connectivity index (χ2v) is 7.28. The molecule has 0 spiro atoms. The number of halogens is 1. The van der Waals surface area contributed by atoms with Crippen LogP contribution in [0.2, 0.25) is 0 Å². The van der Waals surface area contributed by atoms with Gasteiger partial charge in [-0.1, -0.05) is 58.4 Å². The van der Waals surface area contributed by atoms with Crippen LogP contribution in [0.5, 0.6) is 5.88 Å². The first kappa shape index (κ1) is 17.8. The van der Waals surface area contributed by atoms with E-state index in [1.54, 1.807) is 6.07 Å². The number of carbonyl (C=O) groups is 1. The lowest BCUT2D eigenvalue weighted by Crippen LogP contribution is -2.32. The van der Waals surface area contributed by atoms with Gasteiger partial charge in [-0.15, -0.1) is 0 Å². The van der Waals surface area contributed by atoms with Crippen molar-refractivity contribution in [3.8, 4) is 5.88 Å². The molecule has 4 rings (SSSR count). The van der Waals surface area contributed by atoms with Crippen LogP contribution >= 0.6 is 15.9 Å². The first-order valence-corrected chi connectivity index (χ1v) is 9.96. The van der Waals surface area contributed by atoms with Crippen molar-refractivity contribution in [2.45, 2.75) is 25.6 Å². The fraction of sp³-hybridized carbons (Fsp3) is 0.238. The van der Waals surface area contributed by atoms with E-state index in [1.165, 1.54) is 0 Å². The maximum absolute atomic E-state index is 13.1. The minimum Gasteiger partial charge on any atom is -0.472 e. The molecule has 2 aromatic carbocycles. The standard InChI is InChI=1S/C21H19BrN2O3/c1-13(14-7-3-2-4-8-14)23-20(26)18-19(25)16-9-5-6-10-17(16)24-12-15(11-22)27-21(18)24/h2-10,13,15H,11-12H2,1H3,(H,23,26)/t13-,15+/m0/s1. The number of aromatic nitrogens is 1. The van der Waals surface area contributed by atoms with Crippen LogP contribution in [0.15, 0.2) is 59.4 Å². The lowest BCUT2D eigenvalue weighted by atomic mass is 10.1. The summed E-state index contributed by atoms with van der Waals surface area (Å²) in [6, 6.07) is 16.8. The van der Waals surface area contributed by atoms with Gasteiger partial charge in [0.25, 0.3) is 5.91 Å². The molecule has 6 heteroatoms. The zero-order valence-corrected chi connectivity index (χ0v) is 16.4. The molecule has 0 bridgehead atoms. The predicted octanol–water partition coefficient (Wildman–Crippen LogP) is 3.65. The maximum atomic E-state index is 13.1. The highest BCUT2D eigenvalue weighted by Gasteiger charge is 2.31. The van der Waals surface area contributed by atoms with E-state index in [0.29, 0.717) is 23.1 Å². The predicted molar refractivity (Wildman–Crippen MR) is 109 cm³/mol. The topological polar surface area (TPSA) is 60.3 Å².